The summed E-state index contributed by atoms with van der Waals surface area (Å²) in [6.07, 6.45) is -0.421. The summed E-state index contributed by atoms with van der Waals surface area (Å²) in [5.74, 6) is -0.175. The molecule has 0 N–H and O–H groups in total. The summed E-state index contributed by atoms with van der Waals surface area (Å²) in [5, 5.41) is 0.111. The summed E-state index contributed by atoms with van der Waals surface area (Å²) in [6, 6.07) is 0. The maximum atomic E-state index is 12.1. The van der Waals surface area contributed by atoms with Crippen LogP contribution in [-0.2, 0) is 14.0 Å². The predicted octanol–water partition coefficient (Wildman–Crippen LogP) is 3.44. The van der Waals surface area contributed by atoms with Crippen molar-refractivity contribution in [1.29, 1.82) is 0 Å². The van der Waals surface area contributed by atoms with Gasteiger partial charge in [-0.05, 0) is 38.9 Å². The van der Waals surface area contributed by atoms with Crippen molar-refractivity contribution >= 4 is 20.2 Å². The van der Waals surface area contributed by atoms with Gasteiger partial charge in [0.2, 0.25) is 0 Å². The van der Waals surface area contributed by atoms with Crippen molar-refractivity contribution in [3.63, 3.8) is 0 Å². The van der Waals surface area contributed by atoms with Crippen LogP contribution in [0.2, 0.25) is 18.1 Å². The van der Waals surface area contributed by atoms with E-state index in [1.807, 2.05) is 20.8 Å². The van der Waals surface area contributed by atoms with E-state index in [-0.39, 0.29) is 23.3 Å². The van der Waals surface area contributed by atoms with Crippen molar-refractivity contribution < 1.29 is 18.8 Å². The molecule has 0 radical (unpaired) electrons. The zero-order valence-electron chi connectivity index (χ0n) is 15.3. The van der Waals surface area contributed by atoms with Crippen molar-refractivity contribution in [2.45, 2.75) is 65.3 Å². The molecule has 1 aliphatic rings. The fourth-order valence-corrected chi connectivity index (χ4v) is 2.94. The third-order valence-electron chi connectivity index (χ3n) is 4.35. The maximum absolute atomic E-state index is 12.1. The summed E-state index contributed by atoms with van der Waals surface area (Å²) in [4.78, 5) is 25.6. The maximum Gasteiger partial charge on any atom is 0.410 e. The van der Waals surface area contributed by atoms with Crippen molar-refractivity contribution in [2.24, 2.45) is 5.92 Å². The first kappa shape index (κ1) is 19.2. The monoisotopic (exact) mass is 329 g/mol. The summed E-state index contributed by atoms with van der Waals surface area (Å²) < 4.78 is 11.4. The van der Waals surface area contributed by atoms with Gasteiger partial charge in [0, 0.05) is 13.2 Å². The standard InChI is InChI=1S/C16H31NO4Si/c1-15(2,3)21-14(19)17-9-12(13(18)10-17)11-20-22(7,8)16(4,5)6/h12H,9-11H2,1-8H3. The average molecular weight is 330 g/mol. The molecule has 0 aromatic rings. The van der Waals surface area contributed by atoms with Gasteiger partial charge in [-0.25, -0.2) is 4.79 Å². The summed E-state index contributed by atoms with van der Waals surface area (Å²) in [6.45, 7) is 17.2. The minimum atomic E-state index is -1.88. The first-order valence-electron chi connectivity index (χ1n) is 7.87. The Hall–Kier alpha value is -0.883. The van der Waals surface area contributed by atoms with Crippen molar-refractivity contribution in [1.82, 2.24) is 4.90 Å². The number of Topliss-reactive ketones (excluding diaryl/α,β-unsaturated/α-hetero) is 1. The number of ether oxygens (including phenoxy) is 1. The Morgan fingerprint density at radius 2 is 1.77 bits per heavy atom. The molecule has 0 aliphatic carbocycles. The van der Waals surface area contributed by atoms with Gasteiger partial charge in [0.25, 0.3) is 0 Å². The molecule has 1 heterocycles. The average Bonchev–Trinajstić information content (AvgIpc) is 2.64. The minimum absolute atomic E-state index is 0.0598. The van der Waals surface area contributed by atoms with E-state index >= 15 is 0 Å². The van der Waals surface area contributed by atoms with Gasteiger partial charge >= 0.3 is 6.09 Å². The molecule has 1 unspecified atom stereocenters. The highest BCUT2D eigenvalue weighted by molar-refractivity contribution is 6.74. The lowest BCUT2D eigenvalue weighted by Gasteiger charge is -2.36. The van der Waals surface area contributed by atoms with E-state index in [0.29, 0.717) is 13.2 Å². The number of hydrogen-bond acceptors (Lipinski definition) is 4. The number of ketones is 1. The molecule has 1 atom stereocenters. The highest BCUT2D eigenvalue weighted by Crippen LogP contribution is 2.37. The minimum Gasteiger partial charge on any atom is -0.444 e. The van der Waals surface area contributed by atoms with Crippen LogP contribution in [-0.4, -0.2) is 50.4 Å². The molecule has 1 saturated heterocycles. The number of rotatable bonds is 3. The third-order valence-corrected chi connectivity index (χ3v) is 8.85. The molecule has 1 rings (SSSR count). The fourth-order valence-electron chi connectivity index (χ4n) is 1.89. The zero-order valence-corrected chi connectivity index (χ0v) is 16.3. The molecule has 1 amide bonds. The molecule has 22 heavy (non-hydrogen) atoms. The lowest BCUT2D eigenvalue weighted by atomic mass is 10.1. The van der Waals surface area contributed by atoms with Crippen molar-refractivity contribution in [3.05, 3.63) is 0 Å². The number of hydrogen-bond donors (Lipinski definition) is 0. The predicted molar refractivity (Wildman–Crippen MR) is 89.5 cm³/mol. The Kier molecular flexibility index (Phi) is 5.50. The van der Waals surface area contributed by atoms with Gasteiger partial charge in [-0.15, -0.1) is 0 Å². The van der Waals surface area contributed by atoms with Crippen molar-refractivity contribution in [3.8, 4) is 0 Å². The zero-order chi connectivity index (χ0) is 17.3. The molecule has 5 nitrogen and oxygen atoms in total. The van der Waals surface area contributed by atoms with Crippen LogP contribution in [0.1, 0.15) is 41.5 Å². The topological polar surface area (TPSA) is 55.8 Å². The number of carbonyl (C=O) groups is 2. The lowest BCUT2D eigenvalue weighted by molar-refractivity contribution is -0.120. The second-order valence-corrected chi connectivity index (χ2v) is 13.4. The van der Waals surface area contributed by atoms with Crippen LogP contribution in [0, 0.1) is 5.92 Å². The molecule has 0 saturated carbocycles. The normalized spacial score (nSPS) is 20.5. The Morgan fingerprint density at radius 1 is 1.23 bits per heavy atom. The van der Waals surface area contributed by atoms with Crippen LogP contribution >= 0.6 is 0 Å². The van der Waals surface area contributed by atoms with Crippen LogP contribution in [0.3, 0.4) is 0 Å². The lowest BCUT2D eigenvalue weighted by Crippen LogP contribution is -2.42. The summed E-state index contributed by atoms with van der Waals surface area (Å²) in [5.41, 5.74) is -0.546. The number of carbonyl (C=O) groups excluding carboxylic acids is 2. The highest BCUT2D eigenvalue weighted by atomic mass is 28.4. The molecule has 0 aromatic carbocycles. The van der Waals surface area contributed by atoms with E-state index in [1.165, 1.54) is 4.90 Å². The molecule has 0 bridgehead atoms. The fraction of sp³-hybridized carbons (Fsp3) is 0.875. The molecule has 6 heteroatoms. The summed E-state index contributed by atoms with van der Waals surface area (Å²) in [7, 11) is -1.88. The van der Waals surface area contributed by atoms with Crippen LogP contribution in [0.4, 0.5) is 4.79 Å². The van der Waals surface area contributed by atoms with Crippen LogP contribution < -0.4 is 0 Å². The Labute approximate surface area is 135 Å². The highest BCUT2D eigenvalue weighted by Gasteiger charge is 2.41. The summed E-state index contributed by atoms with van der Waals surface area (Å²) >= 11 is 0. The smallest absolute Gasteiger partial charge is 0.410 e. The van der Waals surface area contributed by atoms with Crippen molar-refractivity contribution in [2.75, 3.05) is 19.7 Å². The van der Waals surface area contributed by atoms with Gasteiger partial charge in [0.05, 0.1) is 12.5 Å². The Morgan fingerprint density at radius 3 is 2.23 bits per heavy atom. The van der Waals surface area contributed by atoms with Crippen LogP contribution in [0.5, 0.6) is 0 Å². The molecule has 0 aromatic heterocycles. The largest absolute Gasteiger partial charge is 0.444 e. The van der Waals surface area contributed by atoms with Crippen LogP contribution in [0.15, 0.2) is 0 Å². The first-order valence-corrected chi connectivity index (χ1v) is 10.8. The number of amides is 1. The quantitative estimate of drug-likeness (QED) is 0.744. The Bertz CT molecular complexity index is 434. The number of nitrogens with zero attached hydrogens (tertiary/aromatic N) is 1. The van der Waals surface area contributed by atoms with Gasteiger partial charge < -0.3 is 14.1 Å². The second-order valence-electron chi connectivity index (χ2n) is 8.60. The molecule has 0 spiro atoms. The number of likely N-dealkylation sites (tertiary alicyclic amines) is 1. The van der Waals surface area contributed by atoms with E-state index in [4.69, 9.17) is 9.16 Å². The van der Waals surface area contributed by atoms with E-state index in [0.717, 1.165) is 0 Å². The molecular weight excluding hydrogens is 298 g/mol. The molecule has 1 fully saturated rings. The Balaban J connectivity index is 2.58. The van der Waals surface area contributed by atoms with E-state index < -0.39 is 20.0 Å². The first-order chi connectivity index (χ1) is 9.73. The van der Waals surface area contributed by atoms with E-state index in [9.17, 15) is 9.59 Å². The molecular formula is C16H31NO4Si. The SMILES string of the molecule is CC(C)(C)OC(=O)N1CC(=O)C(CO[Si](C)(C)C(C)(C)C)C1. The van der Waals surface area contributed by atoms with E-state index in [1.54, 1.807) is 0 Å². The van der Waals surface area contributed by atoms with E-state index in [2.05, 4.69) is 33.9 Å². The van der Waals surface area contributed by atoms with Gasteiger partial charge in [0.15, 0.2) is 14.1 Å². The third kappa shape index (κ3) is 5.09. The second kappa shape index (κ2) is 6.32. The van der Waals surface area contributed by atoms with Gasteiger partial charge in [-0.1, -0.05) is 20.8 Å². The van der Waals surface area contributed by atoms with Gasteiger partial charge in [-0.3, -0.25) is 4.79 Å². The molecule has 1 aliphatic heterocycles. The van der Waals surface area contributed by atoms with Crippen LogP contribution in [0.25, 0.3) is 0 Å². The molecule has 128 valence electrons. The van der Waals surface area contributed by atoms with Gasteiger partial charge in [0.1, 0.15) is 5.60 Å². The van der Waals surface area contributed by atoms with Gasteiger partial charge in [-0.2, -0.15) is 0 Å².